The second kappa shape index (κ2) is 5.71. The van der Waals surface area contributed by atoms with E-state index >= 15 is 0 Å². The quantitative estimate of drug-likeness (QED) is 0.938. The number of methoxy groups -OCH3 is 1. The van der Waals surface area contributed by atoms with E-state index in [1.54, 1.807) is 11.8 Å². The molecular weight excluding hydrogens is 290 g/mol. The highest BCUT2D eigenvalue weighted by Gasteiger charge is 2.34. The van der Waals surface area contributed by atoms with Gasteiger partial charge in [0.1, 0.15) is 11.5 Å². The zero-order valence-corrected chi connectivity index (χ0v) is 15.0. The standard InChI is InChI=1S/C18H27N3O2/c1-11-7-13-15(8-18(3,4)9-16(13)23-11)19-10-14-12(2)20-21(5)17(14)22-6/h7,15,19H,8-10H2,1-6H3. The molecule has 2 aromatic rings. The number of ether oxygens (including phenoxy) is 1. The van der Waals surface area contributed by atoms with Crippen molar-refractivity contribution in [2.45, 2.75) is 53.1 Å². The highest BCUT2D eigenvalue weighted by Crippen LogP contribution is 2.42. The first-order valence-corrected chi connectivity index (χ1v) is 8.20. The largest absolute Gasteiger partial charge is 0.481 e. The Labute approximate surface area is 138 Å². The SMILES string of the molecule is COc1c(CNC2CC(C)(C)Cc3oc(C)cc32)c(C)nn1C. The fraction of sp³-hybridized carbons (Fsp3) is 0.611. The molecule has 0 aromatic carbocycles. The fourth-order valence-electron chi connectivity index (χ4n) is 3.73. The van der Waals surface area contributed by atoms with Crippen LogP contribution in [0, 0.1) is 19.3 Å². The number of furan rings is 1. The Kier molecular flexibility index (Phi) is 4.00. The molecule has 0 amide bonds. The van der Waals surface area contributed by atoms with Gasteiger partial charge < -0.3 is 14.5 Å². The van der Waals surface area contributed by atoms with Crippen molar-refractivity contribution < 1.29 is 9.15 Å². The van der Waals surface area contributed by atoms with Crippen molar-refractivity contribution in [3.8, 4) is 5.88 Å². The predicted molar refractivity (Wildman–Crippen MR) is 89.6 cm³/mol. The molecule has 1 N–H and O–H groups in total. The Morgan fingerprint density at radius 1 is 1.43 bits per heavy atom. The summed E-state index contributed by atoms with van der Waals surface area (Å²) in [7, 11) is 3.61. The smallest absolute Gasteiger partial charge is 0.216 e. The summed E-state index contributed by atoms with van der Waals surface area (Å²) in [4.78, 5) is 0. The third kappa shape index (κ3) is 3.02. The van der Waals surface area contributed by atoms with Crippen LogP contribution < -0.4 is 10.1 Å². The van der Waals surface area contributed by atoms with E-state index in [4.69, 9.17) is 9.15 Å². The summed E-state index contributed by atoms with van der Waals surface area (Å²) in [6, 6.07) is 2.48. The molecule has 1 unspecified atom stereocenters. The van der Waals surface area contributed by atoms with Crippen LogP contribution in [0.15, 0.2) is 10.5 Å². The number of aromatic nitrogens is 2. The Balaban J connectivity index is 1.83. The Morgan fingerprint density at radius 3 is 2.87 bits per heavy atom. The molecule has 1 aliphatic rings. The minimum atomic E-state index is 0.239. The first-order chi connectivity index (χ1) is 10.8. The van der Waals surface area contributed by atoms with Gasteiger partial charge in [-0.05, 0) is 31.7 Å². The maximum absolute atomic E-state index is 5.92. The van der Waals surface area contributed by atoms with E-state index in [0.29, 0.717) is 6.04 Å². The van der Waals surface area contributed by atoms with E-state index in [9.17, 15) is 0 Å². The van der Waals surface area contributed by atoms with E-state index in [-0.39, 0.29) is 5.41 Å². The maximum atomic E-state index is 5.92. The van der Waals surface area contributed by atoms with Gasteiger partial charge in [0.25, 0.3) is 0 Å². The van der Waals surface area contributed by atoms with Gasteiger partial charge in [-0.15, -0.1) is 0 Å². The van der Waals surface area contributed by atoms with Crippen LogP contribution >= 0.6 is 0 Å². The summed E-state index contributed by atoms with van der Waals surface area (Å²) in [6.07, 6.45) is 2.10. The van der Waals surface area contributed by atoms with Crippen molar-refractivity contribution >= 4 is 0 Å². The van der Waals surface area contributed by atoms with Gasteiger partial charge in [0.15, 0.2) is 0 Å². The van der Waals surface area contributed by atoms with E-state index in [1.165, 1.54) is 5.56 Å². The molecule has 0 radical (unpaired) electrons. The number of hydrogen-bond acceptors (Lipinski definition) is 4. The first kappa shape index (κ1) is 16.1. The predicted octanol–water partition coefficient (Wildman–Crippen LogP) is 3.44. The third-order valence-corrected chi connectivity index (χ3v) is 4.74. The van der Waals surface area contributed by atoms with Crippen molar-refractivity contribution in [2.75, 3.05) is 7.11 Å². The van der Waals surface area contributed by atoms with Crippen molar-refractivity contribution in [3.63, 3.8) is 0 Å². The molecule has 0 fully saturated rings. The fourth-order valence-corrected chi connectivity index (χ4v) is 3.73. The molecule has 0 saturated heterocycles. The first-order valence-electron chi connectivity index (χ1n) is 8.20. The molecule has 2 heterocycles. The van der Waals surface area contributed by atoms with Crippen LogP contribution in [0.4, 0.5) is 0 Å². The van der Waals surface area contributed by atoms with Gasteiger partial charge in [0.2, 0.25) is 5.88 Å². The van der Waals surface area contributed by atoms with E-state index in [0.717, 1.165) is 48.0 Å². The monoisotopic (exact) mass is 317 g/mol. The molecule has 1 aliphatic carbocycles. The Hall–Kier alpha value is -1.75. The van der Waals surface area contributed by atoms with Gasteiger partial charge in [-0.2, -0.15) is 5.10 Å². The highest BCUT2D eigenvalue weighted by atomic mass is 16.5. The highest BCUT2D eigenvalue weighted by molar-refractivity contribution is 5.32. The van der Waals surface area contributed by atoms with Crippen LogP contribution in [-0.2, 0) is 20.0 Å². The second-order valence-electron chi connectivity index (χ2n) is 7.41. The van der Waals surface area contributed by atoms with Crippen LogP contribution in [0.3, 0.4) is 0 Å². The van der Waals surface area contributed by atoms with E-state index in [1.807, 2.05) is 20.9 Å². The molecule has 2 aromatic heterocycles. The molecule has 3 rings (SSSR count). The third-order valence-electron chi connectivity index (χ3n) is 4.74. The van der Waals surface area contributed by atoms with Crippen LogP contribution in [0.1, 0.15) is 54.7 Å². The molecule has 23 heavy (non-hydrogen) atoms. The molecule has 0 aliphatic heterocycles. The van der Waals surface area contributed by atoms with Crippen LogP contribution in [0.5, 0.6) is 5.88 Å². The Bertz CT molecular complexity index is 712. The summed E-state index contributed by atoms with van der Waals surface area (Å²) in [6.45, 7) is 9.40. The lowest BCUT2D eigenvalue weighted by Crippen LogP contribution is -2.32. The minimum absolute atomic E-state index is 0.239. The van der Waals surface area contributed by atoms with Gasteiger partial charge in [0, 0.05) is 31.6 Å². The number of rotatable bonds is 4. The van der Waals surface area contributed by atoms with Gasteiger partial charge in [0.05, 0.1) is 18.4 Å². The van der Waals surface area contributed by atoms with E-state index < -0.39 is 0 Å². The zero-order valence-electron chi connectivity index (χ0n) is 15.0. The van der Waals surface area contributed by atoms with Crippen LogP contribution in [-0.4, -0.2) is 16.9 Å². The van der Waals surface area contributed by atoms with Crippen LogP contribution in [0.25, 0.3) is 0 Å². The van der Waals surface area contributed by atoms with Gasteiger partial charge in [-0.25, -0.2) is 4.68 Å². The molecule has 1 atom stereocenters. The molecule has 5 heteroatoms. The molecule has 126 valence electrons. The maximum Gasteiger partial charge on any atom is 0.216 e. The van der Waals surface area contributed by atoms with Gasteiger partial charge in [-0.3, -0.25) is 0 Å². The minimum Gasteiger partial charge on any atom is -0.481 e. The number of aryl methyl sites for hydroxylation is 3. The molecule has 0 bridgehead atoms. The lowest BCUT2D eigenvalue weighted by Gasteiger charge is -2.34. The zero-order chi connectivity index (χ0) is 16.8. The van der Waals surface area contributed by atoms with Crippen LogP contribution in [0.2, 0.25) is 0 Å². The topological polar surface area (TPSA) is 52.2 Å². The number of fused-ring (bicyclic) bond motifs is 1. The molecular formula is C18H27N3O2. The summed E-state index contributed by atoms with van der Waals surface area (Å²) in [5.41, 5.74) is 3.68. The summed E-state index contributed by atoms with van der Waals surface area (Å²) in [5.74, 6) is 2.95. The molecule has 0 saturated carbocycles. The van der Waals surface area contributed by atoms with Crippen molar-refractivity contribution in [2.24, 2.45) is 12.5 Å². The summed E-state index contributed by atoms with van der Waals surface area (Å²) in [5, 5.41) is 8.15. The normalized spacial score (nSPS) is 19.7. The Morgan fingerprint density at radius 2 is 2.17 bits per heavy atom. The number of nitrogens with zero attached hydrogens (tertiary/aromatic N) is 2. The van der Waals surface area contributed by atoms with E-state index in [2.05, 4.69) is 30.3 Å². The van der Waals surface area contributed by atoms with Gasteiger partial charge in [-0.1, -0.05) is 13.8 Å². The summed E-state index contributed by atoms with van der Waals surface area (Å²) < 4.78 is 13.2. The molecule has 5 nitrogen and oxygen atoms in total. The number of hydrogen-bond donors (Lipinski definition) is 1. The van der Waals surface area contributed by atoms with Gasteiger partial charge >= 0.3 is 0 Å². The second-order valence-corrected chi connectivity index (χ2v) is 7.41. The average Bonchev–Trinajstić information content (AvgIpc) is 2.93. The lowest BCUT2D eigenvalue weighted by atomic mass is 9.74. The average molecular weight is 317 g/mol. The lowest BCUT2D eigenvalue weighted by molar-refractivity contribution is 0.233. The van der Waals surface area contributed by atoms with Crippen molar-refractivity contribution in [1.29, 1.82) is 0 Å². The van der Waals surface area contributed by atoms with Crippen molar-refractivity contribution in [3.05, 3.63) is 34.4 Å². The summed E-state index contributed by atoms with van der Waals surface area (Å²) >= 11 is 0. The molecule has 0 spiro atoms. The number of nitrogens with one attached hydrogen (secondary N) is 1. The van der Waals surface area contributed by atoms with Crippen molar-refractivity contribution in [1.82, 2.24) is 15.1 Å².